The molecule has 5 atom stereocenters. The quantitative estimate of drug-likeness (QED) is 0.475. The van der Waals surface area contributed by atoms with Crippen molar-refractivity contribution < 1.29 is 9.53 Å². The van der Waals surface area contributed by atoms with E-state index in [-0.39, 0.29) is 18.0 Å². The molecule has 94 valence electrons. The molecular formula is C15H22O2. The average molecular weight is 234 g/mol. The number of carbonyl (C=O) groups excluding carboxylic acids is 1. The molecule has 0 aromatic heterocycles. The van der Waals surface area contributed by atoms with Crippen molar-refractivity contribution in [2.24, 2.45) is 23.2 Å². The molecule has 1 saturated heterocycles. The minimum Gasteiger partial charge on any atom is -0.461 e. The lowest BCUT2D eigenvalue weighted by atomic mass is 9.56. The summed E-state index contributed by atoms with van der Waals surface area (Å²) >= 11 is 0. The van der Waals surface area contributed by atoms with Crippen molar-refractivity contribution in [3.63, 3.8) is 0 Å². The Balaban J connectivity index is 1.98. The van der Waals surface area contributed by atoms with Crippen LogP contribution in [-0.2, 0) is 9.53 Å². The van der Waals surface area contributed by atoms with Crippen LogP contribution in [0.1, 0.15) is 46.5 Å². The number of ether oxygens (including phenoxy) is 1. The number of fused-ring (bicyclic) bond motifs is 3. The van der Waals surface area contributed by atoms with Gasteiger partial charge in [0.1, 0.15) is 6.10 Å². The van der Waals surface area contributed by atoms with E-state index < -0.39 is 0 Å². The summed E-state index contributed by atoms with van der Waals surface area (Å²) in [6, 6.07) is 0. The number of hydrogen-bond acceptors (Lipinski definition) is 2. The second-order valence-corrected chi connectivity index (χ2v) is 6.51. The first-order valence-corrected chi connectivity index (χ1v) is 6.90. The molecule has 0 radical (unpaired) electrons. The van der Waals surface area contributed by atoms with E-state index in [1.165, 1.54) is 24.8 Å². The van der Waals surface area contributed by atoms with Gasteiger partial charge in [0.15, 0.2) is 0 Å². The minimum absolute atomic E-state index is 0.0302. The monoisotopic (exact) mass is 234 g/mol. The van der Waals surface area contributed by atoms with Crippen LogP contribution in [-0.4, -0.2) is 12.1 Å². The molecule has 0 N–H and O–H groups in total. The molecular weight excluding hydrogens is 212 g/mol. The smallest absolute Gasteiger partial charge is 0.309 e. The summed E-state index contributed by atoms with van der Waals surface area (Å²) in [7, 11) is 0. The van der Waals surface area contributed by atoms with Crippen LogP contribution in [0.2, 0.25) is 0 Å². The van der Waals surface area contributed by atoms with E-state index in [4.69, 9.17) is 4.74 Å². The van der Waals surface area contributed by atoms with E-state index in [1.54, 1.807) is 0 Å². The molecule has 2 nitrogen and oxygen atoms in total. The lowest BCUT2D eigenvalue weighted by molar-refractivity contribution is -0.147. The van der Waals surface area contributed by atoms with E-state index in [9.17, 15) is 4.79 Å². The van der Waals surface area contributed by atoms with E-state index in [0.717, 1.165) is 6.42 Å². The first kappa shape index (κ1) is 11.3. The van der Waals surface area contributed by atoms with Crippen molar-refractivity contribution in [3.8, 4) is 0 Å². The van der Waals surface area contributed by atoms with Crippen molar-refractivity contribution >= 4 is 5.97 Å². The van der Waals surface area contributed by atoms with Crippen LogP contribution < -0.4 is 0 Å². The zero-order valence-corrected chi connectivity index (χ0v) is 11.0. The minimum atomic E-state index is 0.0302. The molecule has 17 heavy (non-hydrogen) atoms. The molecule has 2 fully saturated rings. The Hall–Kier alpha value is -0.790. The van der Waals surface area contributed by atoms with Crippen molar-refractivity contribution in [2.45, 2.75) is 52.6 Å². The second kappa shape index (κ2) is 3.60. The Morgan fingerprint density at radius 2 is 2.18 bits per heavy atom. The highest BCUT2D eigenvalue weighted by Crippen LogP contribution is 2.56. The summed E-state index contributed by atoms with van der Waals surface area (Å²) in [5.41, 5.74) is 1.82. The first-order chi connectivity index (χ1) is 8.03. The largest absolute Gasteiger partial charge is 0.461 e. The Labute approximate surface area is 103 Å². The van der Waals surface area contributed by atoms with Crippen molar-refractivity contribution in [2.75, 3.05) is 0 Å². The van der Waals surface area contributed by atoms with Gasteiger partial charge in [-0.2, -0.15) is 0 Å². The number of esters is 1. The van der Waals surface area contributed by atoms with Crippen LogP contribution in [0.15, 0.2) is 11.6 Å². The Morgan fingerprint density at radius 1 is 1.41 bits per heavy atom. The van der Waals surface area contributed by atoms with E-state index in [0.29, 0.717) is 17.3 Å². The maximum atomic E-state index is 11.8. The van der Waals surface area contributed by atoms with Crippen molar-refractivity contribution in [1.82, 2.24) is 0 Å². The van der Waals surface area contributed by atoms with Gasteiger partial charge in [0.05, 0.1) is 5.92 Å². The predicted molar refractivity (Wildman–Crippen MR) is 66.4 cm³/mol. The highest BCUT2D eigenvalue weighted by atomic mass is 16.6. The fraction of sp³-hybridized carbons (Fsp3) is 0.800. The van der Waals surface area contributed by atoms with Crippen LogP contribution >= 0.6 is 0 Å². The van der Waals surface area contributed by atoms with Crippen molar-refractivity contribution in [3.05, 3.63) is 11.6 Å². The van der Waals surface area contributed by atoms with Gasteiger partial charge < -0.3 is 4.74 Å². The maximum Gasteiger partial charge on any atom is 0.309 e. The van der Waals surface area contributed by atoms with Gasteiger partial charge >= 0.3 is 5.97 Å². The molecule has 0 spiro atoms. The summed E-state index contributed by atoms with van der Waals surface area (Å²) in [6.45, 7) is 6.65. The fourth-order valence-electron chi connectivity index (χ4n) is 4.41. The van der Waals surface area contributed by atoms with Crippen LogP contribution in [0.3, 0.4) is 0 Å². The van der Waals surface area contributed by atoms with Crippen LogP contribution in [0, 0.1) is 23.2 Å². The predicted octanol–water partition coefficient (Wildman–Crippen LogP) is 3.32. The third-order valence-electron chi connectivity index (χ3n) is 5.49. The van der Waals surface area contributed by atoms with E-state index in [2.05, 4.69) is 19.9 Å². The average Bonchev–Trinajstić information content (AvgIpc) is 2.54. The standard InChI is InChI=1S/C15H22O2/c1-9-5-4-7-15(3)8-6-11-10(2)14(16)17-13(11)12(9)15/h5,10-13H,4,6-8H2,1-3H3/t10-,11-,12-,13-,15-/m1/s1. The summed E-state index contributed by atoms with van der Waals surface area (Å²) in [5, 5.41) is 0. The molecule has 0 aromatic carbocycles. The second-order valence-electron chi connectivity index (χ2n) is 6.51. The van der Waals surface area contributed by atoms with Crippen molar-refractivity contribution in [1.29, 1.82) is 0 Å². The molecule has 3 aliphatic rings. The summed E-state index contributed by atoms with van der Waals surface area (Å²) in [5.74, 6) is 1.08. The lowest BCUT2D eigenvalue weighted by Crippen LogP contribution is -2.46. The Kier molecular flexibility index (Phi) is 2.39. The van der Waals surface area contributed by atoms with Crippen LogP contribution in [0.4, 0.5) is 0 Å². The number of carbonyl (C=O) groups is 1. The molecule has 3 rings (SSSR count). The SMILES string of the molecule is CC1=CCC[C@]2(C)CC[C@H]3[C@@H](OC(=O)[C@@H]3C)[C@@H]12. The Morgan fingerprint density at radius 3 is 2.94 bits per heavy atom. The molecule has 1 saturated carbocycles. The molecule has 0 unspecified atom stereocenters. The topological polar surface area (TPSA) is 26.3 Å². The van der Waals surface area contributed by atoms with Gasteiger partial charge in [-0.1, -0.05) is 25.5 Å². The van der Waals surface area contributed by atoms with Crippen LogP contribution in [0.25, 0.3) is 0 Å². The van der Waals surface area contributed by atoms with Crippen LogP contribution in [0.5, 0.6) is 0 Å². The highest BCUT2D eigenvalue weighted by Gasteiger charge is 2.55. The van der Waals surface area contributed by atoms with Gasteiger partial charge in [0.25, 0.3) is 0 Å². The van der Waals surface area contributed by atoms with E-state index >= 15 is 0 Å². The van der Waals surface area contributed by atoms with Gasteiger partial charge in [-0.25, -0.2) is 0 Å². The van der Waals surface area contributed by atoms with Gasteiger partial charge in [0.2, 0.25) is 0 Å². The molecule has 2 heteroatoms. The molecule has 2 aliphatic carbocycles. The third kappa shape index (κ3) is 1.49. The number of hydrogen-bond donors (Lipinski definition) is 0. The first-order valence-electron chi connectivity index (χ1n) is 6.90. The zero-order chi connectivity index (χ0) is 12.2. The number of rotatable bonds is 0. The zero-order valence-electron chi connectivity index (χ0n) is 11.0. The Bertz CT molecular complexity index is 384. The molecule has 1 heterocycles. The summed E-state index contributed by atoms with van der Waals surface area (Å²) in [6.07, 6.45) is 7.38. The molecule has 1 aliphatic heterocycles. The maximum absolute atomic E-state index is 11.8. The summed E-state index contributed by atoms with van der Waals surface area (Å²) < 4.78 is 5.70. The lowest BCUT2D eigenvalue weighted by Gasteiger charge is -2.49. The molecule has 0 amide bonds. The third-order valence-corrected chi connectivity index (χ3v) is 5.49. The van der Waals surface area contributed by atoms with Gasteiger partial charge in [0, 0.05) is 11.8 Å². The van der Waals surface area contributed by atoms with Gasteiger partial charge in [-0.15, -0.1) is 0 Å². The normalized spacial score (nSPS) is 49.1. The van der Waals surface area contributed by atoms with E-state index in [1.807, 2.05) is 6.92 Å². The highest BCUT2D eigenvalue weighted by molar-refractivity contribution is 5.75. The van der Waals surface area contributed by atoms with Gasteiger partial charge in [-0.3, -0.25) is 4.79 Å². The molecule has 0 bridgehead atoms. The summed E-state index contributed by atoms with van der Waals surface area (Å²) in [4.78, 5) is 11.8. The number of allylic oxidation sites excluding steroid dienone is 1. The molecule has 0 aromatic rings. The van der Waals surface area contributed by atoms with Gasteiger partial charge in [-0.05, 0) is 38.0 Å². The fourth-order valence-corrected chi connectivity index (χ4v) is 4.41.